The Labute approximate surface area is 107 Å². The lowest BCUT2D eigenvalue weighted by Gasteiger charge is -2.17. The number of halogens is 2. The molecule has 0 aliphatic rings. The Morgan fingerprint density at radius 3 is 2.67 bits per heavy atom. The fourth-order valence-corrected chi connectivity index (χ4v) is 1.86. The molecule has 0 aromatic heterocycles. The molecular weight excluding hydrogens is 236 g/mol. The second-order valence-electron chi connectivity index (χ2n) is 4.50. The minimum absolute atomic E-state index is 0.194. The molecule has 1 aromatic rings. The zero-order valence-electron chi connectivity index (χ0n) is 11.2. The van der Waals surface area contributed by atoms with E-state index in [2.05, 4.69) is 44.3 Å². The van der Waals surface area contributed by atoms with Crippen molar-refractivity contribution in [3.8, 4) is 0 Å². The molecular formula is C14H21F2NO. The first-order chi connectivity index (χ1) is 8.50. The Balaban J connectivity index is 2.36. The Bertz CT molecular complexity index is 369. The largest absolute Gasteiger partial charge is 0.374 e. The summed E-state index contributed by atoms with van der Waals surface area (Å²) in [6.07, 6.45) is -2.39. The van der Waals surface area contributed by atoms with Crippen LogP contribution in [0.3, 0.4) is 0 Å². The number of hydrogen-bond acceptors (Lipinski definition) is 2. The molecule has 4 heteroatoms. The van der Waals surface area contributed by atoms with Gasteiger partial charge in [-0.1, -0.05) is 23.8 Å². The van der Waals surface area contributed by atoms with Crippen LogP contribution in [0.1, 0.15) is 29.7 Å². The average molecular weight is 257 g/mol. The van der Waals surface area contributed by atoms with Crippen LogP contribution in [0.25, 0.3) is 0 Å². The van der Waals surface area contributed by atoms with Gasteiger partial charge < -0.3 is 10.1 Å². The molecule has 0 saturated carbocycles. The van der Waals surface area contributed by atoms with Gasteiger partial charge >= 0.3 is 0 Å². The molecule has 0 aliphatic carbocycles. The summed E-state index contributed by atoms with van der Waals surface area (Å²) in [5.74, 6) is 0. The first-order valence-corrected chi connectivity index (χ1v) is 6.17. The quantitative estimate of drug-likeness (QED) is 0.757. The van der Waals surface area contributed by atoms with Gasteiger partial charge in [0.1, 0.15) is 6.61 Å². The monoisotopic (exact) mass is 257 g/mol. The normalized spacial score (nSPS) is 13.0. The van der Waals surface area contributed by atoms with Gasteiger partial charge in [-0.3, -0.25) is 0 Å². The van der Waals surface area contributed by atoms with Crippen molar-refractivity contribution in [3.63, 3.8) is 0 Å². The van der Waals surface area contributed by atoms with Crippen molar-refractivity contribution < 1.29 is 13.5 Å². The number of benzene rings is 1. The highest BCUT2D eigenvalue weighted by molar-refractivity contribution is 5.32. The van der Waals surface area contributed by atoms with Gasteiger partial charge in [-0.05, 0) is 31.9 Å². The van der Waals surface area contributed by atoms with Crippen LogP contribution in [0.5, 0.6) is 0 Å². The molecule has 0 spiro atoms. The summed E-state index contributed by atoms with van der Waals surface area (Å²) in [7, 11) is 0. The topological polar surface area (TPSA) is 21.3 Å². The highest BCUT2D eigenvalue weighted by Gasteiger charge is 2.08. The second-order valence-corrected chi connectivity index (χ2v) is 4.50. The maximum absolute atomic E-state index is 11.8. The first kappa shape index (κ1) is 15.1. The zero-order chi connectivity index (χ0) is 13.5. The molecule has 1 unspecified atom stereocenters. The van der Waals surface area contributed by atoms with Gasteiger partial charge in [0.05, 0.1) is 6.61 Å². The summed E-state index contributed by atoms with van der Waals surface area (Å²) >= 11 is 0. The number of ether oxygens (including phenoxy) is 1. The number of aryl methyl sites for hydroxylation is 2. The Morgan fingerprint density at radius 1 is 1.28 bits per heavy atom. The number of nitrogens with one attached hydrogen (secondary N) is 1. The highest BCUT2D eigenvalue weighted by atomic mass is 19.3. The predicted molar refractivity (Wildman–Crippen MR) is 69.2 cm³/mol. The summed E-state index contributed by atoms with van der Waals surface area (Å²) in [5.41, 5.74) is 3.69. The van der Waals surface area contributed by atoms with E-state index in [-0.39, 0.29) is 6.04 Å². The summed E-state index contributed by atoms with van der Waals surface area (Å²) < 4.78 is 28.5. The van der Waals surface area contributed by atoms with E-state index in [4.69, 9.17) is 4.74 Å². The maximum atomic E-state index is 11.8. The van der Waals surface area contributed by atoms with Crippen molar-refractivity contribution in [3.05, 3.63) is 34.9 Å². The van der Waals surface area contributed by atoms with Gasteiger partial charge in [-0.2, -0.15) is 0 Å². The minimum Gasteiger partial charge on any atom is -0.374 e. The van der Waals surface area contributed by atoms with E-state index in [1.807, 2.05) is 0 Å². The molecule has 18 heavy (non-hydrogen) atoms. The molecule has 0 aliphatic heterocycles. The van der Waals surface area contributed by atoms with Crippen molar-refractivity contribution >= 4 is 0 Å². The number of hydrogen-bond donors (Lipinski definition) is 1. The van der Waals surface area contributed by atoms with E-state index in [1.54, 1.807) is 0 Å². The van der Waals surface area contributed by atoms with Gasteiger partial charge in [0.15, 0.2) is 0 Å². The van der Waals surface area contributed by atoms with E-state index < -0.39 is 13.0 Å². The van der Waals surface area contributed by atoms with Crippen LogP contribution in [-0.4, -0.2) is 26.2 Å². The van der Waals surface area contributed by atoms with Crippen molar-refractivity contribution in [1.29, 1.82) is 0 Å². The van der Waals surface area contributed by atoms with Crippen LogP contribution in [-0.2, 0) is 4.74 Å². The van der Waals surface area contributed by atoms with Crippen molar-refractivity contribution in [2.45, 2.75) is 33.2 Å². The first-order valence-electron chi connectivity index (χ1n) is 6.17. The molecule has 0 saturated heterocycles. The lowest BCUT2D eigenvalue weighted by molar-refractivity contribution is 0.0183. The van der Waals surface area contributed by atoms with E-state index in [1.165, 1.54) is 16.7 Å². The van der Waals surface area contributed by atoms with Crippen LogP contribution in [0.2, 0.25) is 0 Å². The molecule has 1 aromatic carbocycles. The number of alkyl halides is 2. The highest BCUT2D eigenvalue weighted by Crippen LogP contribution is 2.18. The molecule has 0 amide bonds. The molecule has 1 rings (SSSR count). The van der Waals surface area contributed by atoms with Gasteiger partial charge in [0, 0.05) is 12.6 Å². The molecule has 0 fully saturated rings. The van der Waals surface area contributed by atoms with Crippen molar-refractivity contribution in [2.24, 2.45) is 0 Å². The summed E-state index contributed by atoms with van der Waals surface area (Å²) in [6, 6.07) is 6.51. The Hall–Kier alpha value is -1.00. The van der Waals surface area contributed by atoms with Crippen LogP contribution < -0.4 is 5.32 Å². The van der Waals surface area contributed by atoms with Crippen LogP contribution in [0.15, 0.2) is 18.2 Å². The fourth-order valence-electron chi connectivity index (χ4n) is 1.86. The Kier molecular flexibility index (Phi) is 6.22. The van der Waals surface area contributed by atoms with Gasteiger partial charge in [-0.25, -0.2) is 8.78 Å². The standard InChI is InChI=1S/C14H21F2NO/c1-10-4-5-11(2)13(8-10)12(3)17-6-7-18-9-14(15)16/h4-5,8,12,14,17H,6-7,9H2,1-3H3. The van der Waals surface area contributed by atoms with E-state index in [0.29, 0.717) is 13.2 Å². The summed E-state index contributed by atoms with van der Waals surface area (Å²) in [4.78, 5) is 0. The van der Waals surface area contributed by atoms with E-state index in [9.17, 15) is 8.78 Å². The third kappa shape index (κ3) is 5.10. The fraction of sp³-hybridized carbons (Fsp3) is 0.571. The van der Waals surface area contributed by atoms with Crippen LogP contribution in [0.4, 0.5) is 8.78 Å². The predicted octanol–water partition coefficient (Wildman–Crippen LogP) is 3.24. The molecule has 1 N–H and O–H groups in total. The van der Waals surface area contributed by atoms with Gasteiger partial charge in [0.2, 0.25) is 0 Å². The average Bonchev–Trinajstić information content (AvgIpc) is 2.31. The van der Waals surface area contributed by atoms with Crippen LogP contribution in [0, 0.1) is 13.8 Å². The molecule has 2 nitrogen and oxygen atoms in total. The van der Waals surface area contributed by atoms with Gasteiger partial charge in [-0.15, -0.1) is 0 Å². The smallest absolute Gasteiger partial charge is 0.261 e. The summed E-state index contributed by atoms with van der Waals surface area (Å²) in [5, 5.41) is 3.27. The maximum Gasteiger partial charge on any atom is 0.261 e. The zero-order valence-corrected chi connectivity index (χ0v) is 11.2. The SMILES string of the molecule is Cc1ccc(C)c(C(C)NCCOCC(F)F)c1. The van der Waals surface area contributed by atoms with Crippen molar-refractivity contribution in [2.75, 3.05) is 19.8 Å². The molecule has 0 radical (unpaired) electrons. The Morgan fingerprint density at radius 2 is 2.00 bits per heavy atom. The third-order valence-corrected chi connectivity index (χ3v) is 2.84. The molecule has 1 atom stereocenters. The van der Waals surface area contributed by atoms with Gasteiger partial charge in [0.25, 0.3) is 6.43 Å². The molecule has 102 valence electrons. The minimum atomic E-state index is -2.39. The molecule has 0 heterocycles. The second kappa shape index (κ2) is 7.44. The lowest BCUT2D eigenvalue weighted by atomic mass is 10.00. The van der Waals surface area contributed by atoms with Crippen molar-refractivity contribution in [1.82, 2.24) is 5.32 Å². The van der Waals surface area contributed by atoms with Crippen LogP contribution >= 0.6 is 0 Å². The number of rotatable bonds is 7. The third-order valence-electron chi connectivity index (χ3n) is 2.84. The summed E-state index contributed by atoms with van der Waals surface area (Å²) in [6.45, 7) is 6.58. The van der Waals surface area contributed by atoms with E-state index >= 15 is 0 Å². The lowest BCUT2D eigenvalue weighted by Crippen LogP contribution is -2.24. The van der Waals surface area contributed by atoms with E-state index in [0.717, 1.165) is 0 Å². The molecule has 0 bridgehead atoms.